The average molecular weight is 503 g/mol. The SMILES string of the molecule is O=C(Nc1ccc(Cl)c(S(=O)(=O)N2C[C@@H]3CNC[C@@H](C3)C2)c1O)Nc1cccc(F)c1Cl. The standard InChI is InChI=1S/C20H21Cl2FN4O4S/c21-13-4-5-16(26-20(29)25-15-3-1-2-14(23)17(15)22)18(28)19(13)32(30,31)27-9-11-6-12(10-27)8-24-7-11/h1-5,11-12,24,28H,6-10H2,(H2,25,26,29)/t11-,12+. The Labute approximate surface area is 194 Å². The molecular formula is C20H21Cl2FN4O4S. The number of hydrogen-bond acceptors (Lipinski definition) is 5. The molecule has 12 heteroatoms. The predicted molar refractivity (Wildman–Crippen MR) is 120 cm³/mol. The number of phenolic OH excluding ortho intramolecular Hbond substituents is 1. The van der Waals surface area contributed by atoms with E-state index in [0.717, 1.165) is 25.6 Å². The molecule has 8 nitrogen and oxygen atoms in total. The summed E-state index contributed by atoms with van der Waals surface area (Å²) in [5.41, 5.74) is -0.157. The first-order chi connectivity index (χ1) is 15.2. The van der Waals surface area contributed by atoms with Gasteiger partial charge in [-0.3, -0.25) is 0 Å². The monoisotopic (exact) mass is 502 g/mol. The highest BCUT2D eigenvalue weighted by Gasteiger charge is 2.39. The summed E-state index contributed by atoms with van der Waals surface area (Å²) >= 11 is 12.0. The van der Waals surface area contributed by atoms with Gasteiger partial charge in [-0.05, 0) is 55.6 Å². The van der Waals surface area contributed by atoms with E-state index in [9.17, 15) is 22.7 Å². The molecule has 0 aromatic heterocycles. The summed E-state index contributed by atoms with van der Waals surface area (Å²) in [7, 11) is -4.11. The van der Waals surface area contributed by atoms with Crippen LogP contribution in [0.5, 0.6) is 5.75 Å². The molecule has 0 spiro atoms. The van der Waals surface area contributed by atoms with Crippen molar-refractivity contribution in [3.05, 3.63) is 46.2 Å². The molecule has 2 atom stereocenters. The molecule has 2 aliphatic heterocycles. The molecule has 0 radical (unpaired) electrons. The van der Waals surface area contributed by atoms with Gasteiger partial charge in [0.25, 0.3) is 0 Å². The molecule has 2 fully saturated rings. The van der Waals surface area contributed by atoms with Gasteiger partial charge in [0.05, 0.1) is 21.4 Å². The second-order valence-corrected chi connectivity index (χ2v) is 10.6. The van der Waals surface area contributed by atoms with Gasteiger partial charge in [-0.25, -0.2) is 17.6 Å². The minimum atomic E-state index is -4.11. The van der Waals surface area contributed by atoms with Crippen LogP contribution in [0, 0.1) is 17.7 Å². The molecule has 2 aliphatic rings. The maximum atomic E-state index is 13.6. The minimum Gasteiger partial charge on any atom is -0.504 e. The minimum absolute atomic E-state index is 0.0129. The van der Waals surface area contributed by atoms with Gasteiger partial charge in [-0.1, -0.05) is 29.3 Å². The van der Waals surface area contributed by atoms with Crippen molar-refractivity contribution in [1.82, 2.24) is 9.62 Å². The van der Waals surface area contributed by atoms with Crippen molar-refractivity contribution in [3.63, 3.8) is 0 Å². The topological polar surface area (TPSA) is 111 Å². The van der Waals surface area contributed by atoms with E-state index in [-0.39, 0.29) is 33.3 Å². The number of nitrogens with zero attached hydrogens (tertiary/aromatic N) is 1. The fourth-order valence-electron chi connectivity index (χ4n) is 4.15. The Hall–Kier alpha value is -2.11. The zero-order valence-electron chi connectivity index (χ0n) is 16.7. The zero-order chi connectivity index (χ0) is 23.0. The number of halogens is 3. The first-order valence-corrected chi connectivity index (χ1v) is 12.1. The van der Waals surface area contributed by atoms with Crippen LogP contribution in [0.1, 0.15) is 6.42 Å². The van der Waals surface area contributed by atoms with E-state index in [1.165, 1.54) is 28.6 Å². The average Bonchev–Trinajstić information content (AvgIpc) is 2.73. The molecule has 2 aromatic carbocycles. The second-order valence-electron chi connectivity index (χ2n) is 7.90. The fourth-order valence-corrected chi connectivity index (χ4v) is 6.51. The normalized spacial score (nSPS) is 21.2. The Bertz CT molecular complexity index is 1150. The van der Waals surface area contributed by atoms with Crippen LogP contribution in [0.2, 0.25) is 10.0 Å². The zero-order valence-corrected chi connectivity index (χ0v) is 19.1. The molecule has 2 bridgehead atoms. The quantitative estimate of drug-likeness (QED) is 0.476. The predicted octanol–water partition coefficient (Wildman–Crippen LogP) is 3.71. The van der Waals surface area contributed by atoms with Gasteiger partial charge in [0.2, 0.25) is 10.0 Å². The Kier molecular flexibility index (Phi) is 6.51. The van der Waals surface area contributed by atoms with Crippen LogP contribution < -0.4 is 16.0 Å². The molecule has 2 heterocycles. The maximum absolute atomic E-state index is 13.6. The van der Waals surface area contributed by atoms with Crippen LogP contribution in [0.4, 0.5) is 20.6 Å². The molecule has 2 amide bonds. The fraction of sp³-hybridized carbons (Fsp3) is 0.350. The number of hydrogen-bond donors (Lipinski definition) is 4. The Morgan fingerprint density at radius 3 is 2.44 bits per heavy atom. The van der Waals surface area contributed by atoms with Gasteiger partial charge in [-0.2, -0.15) is 4.31 Å². The van der Waals surface area contributed by atoms with Gasteiger partial charge in [0.1, 0.15) is 10.7 Å². The summed E-state index contributed by atoms with van der Waals surface area (Å²) in [6.07, 6.45) is 0.948. The number of fused-ring (bicyclic) bond motifs is 2. The molecule has 4 N–H and O–H groups in total. The van der Waals surface area contributed by atoms with Crippen LogP contribution >= 0.6 is 23.2 Å². The van der Waals surface area contributed by atoms with Crippen LogP contribution in [-0.2, 0) is 10.0 Å². The van der Waals surface area contributed by atoms with Crippen LogP contribution in [0.25, 0.3) is 0 Å². The molecule has 2 saturated heterocycles. The number of urea groups is 1. The third-order valence-electron chi connectivity index (χ3n) is 5.59. The molecule has 32 heavy (non-hydrogen) atoms. The molecular weight excluding hydrogens is 482 g/mol. The molecule has 0 saturated carbocycles. The number of rotatable bonds is 4. The lowest BCUT2D eigenvalue weighted by Crippen LogP contribution is -2.52. The van der Waals surface area contributed by atoms with Crippen molar-refractivity contribution in [1.29, 1.82) is 0 Å². The van der Waals surface area contributed by atoms with Crippen molar-refractivity contribution in [2.75, 3.05) is 36.8 Å². The summed E-state index contributed by atoms with van der Waals surface area (Å²) in [4.78, 5) is 11.9. The van der Waals surface area contributed by atoms with E-state index in [2.05, 4.69) is 16.0 Å². The first-order valence-electron chi connectivity index (χ1n) is 9.91. The summed E-state index contributed by atoms with van der Waals surface area (Å²) in [5.74, 6) is -1.02. The number of amides is 2. The molecule has 0 unspecified atom stereocenters. The number of anilines is 2. The number of piperidine rings is 2. The van der Waals surface area contributed by atoms with Gasteiger partial charge in [-0.15, -0.1) is 0 Å². The maximum Gasteiger partial charge on any atom is 0.323 e. The van der Waals surface area contributed by atoms with Crippen molar-refractivity contribution < 1.29 is 22.7 Å². The van der Waals surface area contributed by atoms with Gasteiger partial charge in [0, 0.05) is 13.1 Å². The Morgan fingerprint density at radius 1 is 1.09 bits per heavy atom. The van der Waals surface area contributed by atoms with Crippen LogP contribution in [-0.4, -0.2) is 50.0 Å². The van der Waals surface area contributed by atoms with Crippen molar-refractivity contribution >= 4 is 50.6 Å². The summed E-state index contributed by atoms with van der Waals surface area (Å²) in [5, 5.41) is 18.3. The molecule has 4 rings (SSSR count). The summed E-state index contributed by atoms with van der Waals surface area (Å²) < 4.78 is 41.6. The highest BCUT2D eigenvalue weighted by molar-refractivity contribution is 7.89. The smallest absolute Gasteiger partial charge is 0.323 e. The summed E-state index contributed by atoms with van der Waals surface area (Å²) in [6, 6.07) is 5.61. The third-order valence-corrected chi connectivity index (χ3v) is 8.30. The van der Waals surface area contributed by atoms with Crippen LogP contribution in [0.3, 0.4) is 0 Å². The molecule has 2 aromatic rings. The molecule has 0 aliphatic carbocycles. The lowest BCUT2D eigenvalue weighted by Gasteiger charge is -2.41. The number of carbonyl (C=O) groups is 1. The highest BCUT2D eigenvalue weighted by atomic mass is 35.5. The number of phenols is 1. The lowest BCUT2D eigenvalue weighted by atomic mass is 9.87. The van der Waals surface area contributed by atoms with E-state index < -0.39 is 32.5 Å². The summed E-state index contributed by atoms with van der Waals surface area (Å²) in [6.45, 7) is 2.09. The Balaban J connectivity index is 1.58. The van der Waals surface area contributed by atoms with Crippen molar-refractivity contribution in [3.8, 4) is 5.75 Å². The van der Waals surface area contributed by atoms with Crippen molar-refractivity contribution in [2.45, 2.75) is 11.3 Å². The second kappa shape index (κ2) is 9.03. The van der Waals surface area contributed by atoms with E-state index >= 15 is 0 Å². The van der Waals surface area contributed by atoms with E-state index in [0.29, 0.717) is 13.1 Å². The largest absolute Gasteiger partial charge is 0.504 e. The number of sulfonamides is 1. The van der Waals surface area contributed by atoms with E-state index in [4.69, 9.17) is 23.2 Å². The van der Waals surface area contributed by atoms with E-state index in [1.54, 1.807) is 0 Å². The van der Waals surface area contributed by atoms with E-state index in [1.807, 2.05) is 0 Å². The highest BCUT2D eigenvalue weighted by Crippen LogP contribution is 2.40. The molecule has 172 valence electrons. The third kappa shape index (κ3) is 4.51. The number of aromatic hydroxyl groups is 1. The number of carbonyl (C=O) groups excluding carboxylic acids is 1. The Morgan fingerprint density at radius 2 is 1.75 bits per heavy atom. The first kappa shape index (κ1) is 23.1. The van der Waals surface area contributed by atoms with Crippen LogP contribution in [0.15, 0.2) is 35.2 Å². The van der Waals surface area contributed by atoms with Crippen molar-refractivity contribution in [2.24, 2.45) is 11.8 Å². The number of benzene rings is 2. The van der Waals surface area contributed by atoms with Gasteiger partial charge < -0.3 is 21.1 Å². The number of nitrogens with one attached hydrogen (secondary N) is 3. The van der Waals surface area contributed by atoms with Gasteiger partial charge in [0.15, 0.2) is 5.75 Å². The lowest BCUT2D eigenvalue weighted by molar-refractivity contribution is 0.158. The van der Waals surface area contributed by atoms with Gasteiger partial charge >= 0.3 is 6.03 Å².